The molecule has 8 heteroatoms. The smallest absolute Gasteiger partial charge is 0.359 e. The lowest BCUT2D eigenvalue weighted by Crippen LogP contribution is -2.10. The number of para-hydroxylation sites is 3. The number of benzene rings is 2. The number of hydrogen-bond acceptors (Lipinski definition) is 6. The van der Waals surface area contributed by atoms with E-state index < -0.39 is 18.3 Å². The average molecular weight is 359 g/mol. The molecule has 2 aromatic heterocycles. The number of ether oxygens (including phenoxy) is 1. The Morgan fingerprint density at radius 3 is 2.67 bits per heavy atom. The molecule has 2 heterocycles. The van der Waals surface area contributed by atoms with Crippen molar-refractivity contribution in [1.82, 2.24) is 20.2 Å². The molecular formula is C19H13N5O3. The van der Waals surface area contributed by atoms with Crippen molar-refractivity contribution in [1.29, 1.82) is 5.26 Å². The zero-order chi connectivity index (χ0) is 18.8. The molecule has 4 aromatic rings. The van der Waals surface area contributed by atoms with Gasteiger partial charge >= 0.3 is 5.97 Å². The third kappa shape index (κ3) is 2.98. The summed E-state index contributed by atoms with van der Waals surface area (Å²) in [6.07, 6.45) is 0. The van der Waals surface area contributed by atoms with Crippen molar-refractivity contribution in [3.05, 3.63) is 65.8 Å². The number of nitriles is 1. The number of nitrogens with one attached hydrogen (secondary N) is 2. The van der Waals surface area contributed by atoms with Crippen LogP contribution in [0.4, 0.5) is 0 Å². The van der Waals surface area contributed by atoms with E-state index in [1.54, 1.807) is 30.3 Å². The summed E-state index contributed by atoms with van der Waals surface area (Å²) < 4.78 is 5.11. The molecule has 0 aliphatic heterocycles. The number of aliphatic hydroxyl groups is 1. The van der Waals surface area contributed by atoms with Crippen LogP contribution in [0.2, 0.25) is 0 Å². The van der Waals surface area contributed by atoms with Gasteiger partial charge in [-0.15, -0.1) is 0 Å². The molecule has 8 nitrogen and oxygen atoms in total. The maximum absolute atomic E-state index is 12.3. The summed E-state index contributed by atoms with van der Waals surface area (Å²) in [6, 6.07) is 16.2. The lowest BCUT2D eigenvalue weighted by molar-refractivity contribution is 0.0498. The summed E-state index contributed by atoms with van der Waals surface area (Å²) in [6.45, 7) is -0.472. The number of allylic oxidation sites excluding steroid dienone is 1. The number of aromatic amines is 2. The van der Waals surface area contributed by atoms with Gasteiger partial charge in [0.25, 0.3) is 0 Å². The molecule has 0 bridgehead atoms. The summed E-state index contributed by atoms with van der Waals surface area (Å²) in [7, 11) is 0. The summed E-state index contributed by atoms with van der Waals surface area (Å²) in [5.41, 5.74) is 2.11. The minimum absolute atomic E-state index is 0.0918. The third-order valence-electron chi connectivity index (χ3n) is 4.03. The van der Waals surface area contributed by atoms with Crippen molar-refractivity contribution in [2.75, 3.05) is 6.61 Å². The number of carbonyl (C=O) groups is 1. The number of fused-ring (bicyclic) bond motifs is 2. The van der Waals surface area contributed by atoms with Crippen LogP contribution >= 0.6 is 0 Å². The molecule has 0 aliphatic rings. The zero-order valence-electron chi connectivity index (χ0n) is 13.9. The molecular weight excluding hydrogens is 346 g/mol. The fourth-order valence-corrected chi connectivity index (χ4v) is 2.72. The molecule has 0 saturated carbocycles. The Labute approximate surface area is 152 Å². The quantitative estimate of drug-likeness (QED) is 0.292. The van der Waals surface area contributed by atoms with Gasteiger partial charge in [-0.1, -0.05) is 30.3 Å². The molecule has 0 aliphatic carbocycles. The van der Waals surface area contributed by atoms with Gasteiger partial charge in [0, 0.05) is 5.39 Å². The predicted octanol–water partition coefficient (Wildman–Crippen LogP) is 3.09. The number of aliphatic hydroxyl groups excluding tert-OH is 1. The Kier molecular flexibility index (Phi) is 4.03. The standard InChI is InChI=1S/C19H13N5O3/c20-9-12(18-21-14-7-3-4-8-15(14)22-18)16(25)10-27-19(26)17-11-5-1-2-6-13(11)23-24-17/h1-8,25H,10H2,(H,21,22)(H,23,24)/b16-12-. The molecule has 0 fully saturated rings. The highest BCUT2D eigenvalue weighted by molar-refractivity contribution is 6.01. The molecule has 0 atom stereocenters. The topological polar surface area (TPSA) is 128 Å². The largest absolute Gasteiger partial charge is 0.507 e. The van der Waals surface area contributed by atoms with E-state index in [4.69, 9.17) is 4.74 Å². The highest BCUT2D eigenvalue weighted by atomic mass is 16.5. The van der Waals surface area contributed by atoms with Crippen LogP contribution in [-0.4, -0.2) is 37.8 Å². The minimum Gasteiger partial charge on any atom is -0.507 e. The van der Waals surface area contributed by atoms with Crippen LogP contribution in [0.15, 0.2) is 54.3 Å². The zero-order valence-corrected chi connectivity index (χ0v) is 13.9. The first kappa shape index (κ1) is 16.4. The Bertz CT molecular complexity index is 1200. The van der Waals surface area contributed by atoms with Crippen LogP contribution < -0.4 is 0 Å². The molecule has 2 aromatic carbocycles. The van der Waals surface area contributed by atoms with E-state index in [0.29, 0.717) is 16.4 Å². The van der Waals surface area contributed by atoms with Crippen molar-refractivity contribution < 1.29 is 14.6 Å². The number of imidazole rings is 1. The minimum atomic E-state index is -0.708. The van der Waals surface area contributed by atoms with Crippen molar-refractivity contribution in [2.45, 2.75) is 0 Å². The predicted molar refractivity (Wildman–Crippen MR) is 97.6 cm³/mol. The van der Waals surface area contributed by atoms with Gasteiger partial charge in [-0.2, -0.15) is 10.4 Å². The van der Waals surface area contributed by atoms with E-state index in [2.05, 4.69) is 20.2 Å². The van der Waals surface area contributed by atoms with E-state index in [9.17, 15) is 15.2 Å². The Balaban J connectivity index is 1.57. The van der Waals surface area contributed by atoms with E-state index in [-0.39, 0.29) is 17.1 Å². The molecule has 0 unspecified atom stereocenters. The maximum atomic E-state index is 12.3. The molecule has 0 radical (unpaired) electrons. The average Bonchev–Trinajstić information content (AvgIpc) is 3.30. The van der Waals surface area contributed by atoms with Gasteiger partial charge in [0.2, 0.25) is 0 Å². The van der Waals surface area contributed by atoms with Gasteiger partial charge < -0.3 is 14.8 Å². The maximum Gasteiger partial charge on any atom is 0.359 e. The van der Waals surface area contributed by atoms with Gasteiger partial charge in [-0.3, -0.25) is 5.10 Å². The van der Waals surface area contributed by atoms with Gasteiger partial charge in [0.15, 0.2) is 17.3 Å². The Morgan fingerprint density at radius 1 is 1.15 bits per heavy atom. The first-order valence-electron chi connectivity index (χ1n) is 8.05. The fraction of sp³-hybridized carbons (Fsp3) is 0.0526. The Morgan fingerprint density at radius 2 is 1.89 bits per heavy atom. The molecule has 132 valence electrons. The third-order valence-corrected chi connectivity index (χ3v) is 4.03. The summed E-state index contributed by atoms with van der Waals surface area (Å²) >= 11 is 0. The van der Waals surface area contributed by atoms with Crippen molar-refractivity contribution in [3.8, 4) is 6.07 Å². The van der Waals surface area contributed by atoms with Crippen molar-refractivity contribution in [2.24, 2.45) is 0 Å². The van der Waals surface area contributed by atoms with E-state index >= 15 is 0 Å². The molecule has 0 spiro atoms. The first-order valence-corrected chi connectivity index (χ1v) is 8.05. The number of nitrogens with zero attached hydrogens (tertiary/aromatic N) is 3. The van der Waals surface area contributed by atoms with Gasteiger partial charge in [-0.05, 0) is 18.2 Å². The van der Waals surface area contributed by atoms with Gasteiger partial charge in [0.05, 0.1) is 16.6 Å². The number of aromatic nitrogens is 4. The second-order valence-corrected chi connectivity index (χ2v) is 5.73. The second-order valence-electron chi connectivity index (χ2n) is 5.73. The lowest BCUT2D eigenvalue weighted by Gasteiger charge is -2.04. The van der Waals surface area contributed by atoms with Crippen LogP contribution in [0, 0.1) is 11.3 Å². The number of rotatable bonds is 4. The highest BCUT2D eigenvalue weighted by Gasteiger charge is 2.18. The van der Waals surface area contributed by atoms with Crippen LogP contribution in [0.5, 0.6) is 0 Å². The van der Waals surface area contributed by atoms with Crippen LogP contribution in [0.3, 0.4) is 0 Å². The molecule has 4 rings (SSSR count). The molecule has 3 N–H and O–H groups in total. The lowest BCUT2D eigenvalue weighted by atomic mass is 10.2. The van der Waals surface area contributed by atoms with Crippen LogP contribution in [-0.2, 0) is 4.74 Å². The summed E-state index contributed by atoms with van der Waals surface area (Å²) in [5, 5.41) is 26.9. The second kappa shape index (κ2) is 6.65. The highest BCUT2D eigenvalue weighted by Crippen LogP contribution is 2.20. The monoisotopic (exact) mass is 359 g/mol. The molecule has 0 saturated heterocycles. The van der Waals surface area contributed by atoms with E-state index in [1.165, 1.54) is 0 Å². The normalized spacial score (nSPS) is 12.0. The van der Waals surface area contributed by atoms with Crippen molar-refractivity contribution >= 4 is 33.5 Å². The fourth-order valence-electron chi connectivity index (χ4n) is 2.72. The number of hydrogen-bond donors (Lipinski definition) is 3. The summed E-state index contributed by atoms with van der Waals surface area (Å²) in [4.78, 5) is 19.5. The number of esters is 1. The SMILES string of the molecule is N#C/C(=C(/O)COC(=O)c1n[nH]c2ccccc12)c1nc2ccccc2[nH]1. The molecule has 0 amide bonds. The summed E-state index contributed by atoms with van der Waals surface area (Å²) in [5.74, 6) is -0.900. The van der Waals surface area contributed by atoms with Crippen molar-refractivity contribution in [3.63, 3.8) is 0 Å². The van der Waals surface area contributed by atoms with Crippen LogP contribution in [0.1, 0.15) is 16.3 Å². The first-order chi connectivity index (χ1) is 13.2. The Hall–Kier alpha value is -4.12. The van der Waals surface area contributed by atoms with E-state index in [0.717, 1.165) is 5.52 Å². The molecule has 27 heavy (non-hydrogen) atoms. The van der Waals surface area contributed by atoms with Crippen LogP contribution in [0.25, 0.3) is 27.5 Å². The number of H-pyrrole nitrogens is 2. The van der Waals surface area contributed by atoms with E-state index in [1.807, 2.05) is 24.3 Å². The van der Waals surface area contributed by atoms with Gasteiger partial charge in [0.1, 0.15) is 18.2 Å². The number of carbonyl (C=O) groups excluding carboxylic acids is 1. The van der Waals surface area contributed by atoms with Gasteiger partial charge in [-0.25, -0.2) is 9.78 Å².